The molecule has 4 atom stereocenters. The van der Waals surface area contributed by atoms with E-state index in [2.05, 4.69) is 16.3 Å². The summed E-state index contributed by atoms with van der Waals surface area (Å²) in [5.74, 6) is -0.713. The highest BCUT2D eigenvalue weighted by Gasteiger charge is 2.43. The van der Waals surface area contributed by atoms with Gasteiger partial charge >= 0.3 is 11.9 Å². The lowest BCUT2D eigenvalue weighted by Gasteiger charge is -2.52. The quantitative estimate of drug-likeness (QED) is 0.521. The van der Waals surface area contributed by atoms with Gasteiger partial charge < -0.3 is 15.5 Å². The molecule has 6 heteroatoms. The van der Waals surface area contributed by atoms with Crippen molar-refractivity contribution in [3.8, 4) is 0 Å². The molecule has 0 amide bonds. The van der Waals surface area contributed by atoms with Crippen LogP contribution in [-0.4, -0.2) is 58.8 Å². The Morgan fingerprint density at radius 2 is 1.92 bits per heavy atom. The second-order valence-electron chi connectivity index (χ2n) is 7.50. The van der Waals surface area contributed by atoms with Gasteiger partial charge in [-0.1, -0.05) is 18.1 Å². The van der Waals surface area contributed by atoms with Crippen LogP contribution < -0.4 is 5.32 Å². The first-order chi connectivity index (χ1) is 12.0. The predicted octanol–water partition coefficient (Wildman–Crippen LogP) is 1.88. The Labute approximate surface area is 148 Å². The minimum Gasteiger partial charge on any atom is -0.478 e. The molecule has 3 fully saturated rings. The third-order valence-corrected chi connectivity index (χ3v) is 5.88. The van der Waals surface area contributed by atoms with Gasteiger partial charge in [-0.15, -0.1) is 0 Å². The van der Waals surface area contributed by atoms with Gasteiger partial charge in [0, 0.05) is 30.8 Å². The fourth-order valence-corrected chi connectivity index (χ4v) is 4.94. The third kappa shape index (κ3) is 4.50. The van der Waals surface area contributed by atoms with Crippen LogP contribution in [0.3, 0.4) is 0 Å². The number of rotatable bonds is 2. The fourth-order valence-electron chi connectivity index (χ4n) is 4.94. The molecule has 0 aromatic rings. The van der Waals surface area contributed by atoms with Crippen molar-refractivity contribution >= 4 is 11.9 Å². The van der Waals surface area contributed by atoms with E-state index < -0.39 is 11.9 Å². The summed E-state index contributed by atoms with van der Waals surface area (Å²) in [5.41, 5.74) is 1.77. The Bertz CT molecular complexity index is 556. The van der Waals surface area contributed by atoms with Gasteiger partial charge in [-0.05, 0) is 57.0 Å². The average Bonchev–Trinajstić information content (AvgIpc) is 2.61. The van der Waals surface area contributed by atoms with Crippen LogP contribution in [0.25, 0.3) is 0 Å². The average molecular weight is 348 g/mol. The van der Waals surface area contributed by atoms with Crippen molar-refractivity contribution in [2.45, 2.75) is 50.6 Å². The molecule has 0 aromatic heterocycles. The van der Waals surface area contributed by atoms with E-state index in [1.54, 1.807) is 5.57 Å². The number of aliphatic carboxylic acids is 2. The lowest BCUT2D eigenvalue weighted by atomic mass is 9.68. The van der Waals surface area contributed by atoms with Gasteiger partial charge in [0.2, 0.25) is 0 Å². The SMILES string of the molecule is C1=C2CCCN[C@H]2[C@@H]2C[C@H]1[C@H]1CCCCN1C2.O=C(O)/C=C/C(=O)O. The number of carboxylic acid groups (broad SMARTS) is 2. The van der Waals surface area contributed by atoms with Crippen molar-refractivity contribution in [1.82, 2.24) is 10.2 Å². The molecule has 0 aromatic carbocycles. The molecule has 138 valence electrons. The molecular formula is C19H28N2O4. The molecule has 4 aliphatic rings. The first kappa shape index (κ1) is 18.1. The highest BCUT2D eigenvalue weighted by atomic mass is 16.4. The summed E-state index contributed by atoms with van der Waals surface area (Å²) in [5, 5.41) is 19.4. The molecule has 0 saturated carbocycles. The second-order valence-corrected chi connectivity index (χ2v) is 7.50. The van der Waals surface area contributed by atoms with Crippen LogP contribution in [0.15, 0.2) is 23.8 Å². The summed E-state index contributed by atoms with van der Waals surface area (Å²) in [7, 11) is 0. The number of carboxylic acids is 2. The first-order valence-electron chi connectivity index (χ1n) is 9.36. The van der Waals surface area contributed by atoms with Crippen LogP contribution in [0.5, 0.6) is 0 Å². The Kier molecular flexibility index (Phi) is 5.91. The molecule has 25 heavy (non-hydrogen) atoms. The zero-order valence-corrected chi connectivity index (χ0v) is 14.6. The Morgan fingerprint density at radius 1 is 1.16 bits per heavy atom. The van der Waals surface area contributed by atoms with E-state index in [1.807, 2.05) is 0 Å². The number of fused-ring (bicyclic) bond motifs is 6. The molecule has 0 unspecified atom stereocenters. The standard InChI is InChI=1S/C15H24N2.C4H4O4/c1-2-7-17-10-13-9-12(14(17)5-1)8-11-4-3-6-16-15(11)13;5-3(6)1-2-4(7)8/h8,12-16H,1-7,9-10H2;1-2H,(H,5,6)(H,7,8)/b;2-1+/t12-,13+,14+,15+;/m0./s1. The number of nitrogens with zero attached hydrogens (tertiary/aromatic N) is 1. The lowest BCUT2D eigenvalue weighted by Crippen LogP contribution is -2.58. The first-order valence-corrected chi connectivity index (χ1v) is 9.36. The smallest absolute Gasteiger partial charge is 0.328 e. The Balaban J connectivity index is 0.000000197. The van der Waals surface area contributed by atoms with Crippen LogP contribution in [0.4, 0.5) is 0 Å². The minimum atomic E-state index is -1.26. The normalized spacial score (nSPS) is 34.2. The van der Waals surface area contributed by atoms with E-state index in [9.17, 15) is 9.59 Å². The van der Waals surface area contributed by atoms with Gasteiger partial charge in [-0.3, -0.25) is 4.90 Å². The number of nitrogens with one attached hydrogen (secondary N) is 1. The van der Waals surface area contributed by atoms with Crippen molar-refractivity contribution in [3.05, 3.63) is 23.8 Å². The van der Waals surface area contributed by atoms with Gasteiger partial charge in [0.25, 0.3) is 0 Å². The Morgan fingerprint density at radius 3 is 2.64 bits per heavy atom. The molecular weight excluding hydrogens is 320 g/mol. The Hall–Kier alpha value is -1.66. The third-order valence-electron chi connectivity index (χ3n) is 5.88. The van der Waals surface area contributed by atoms with E-state index >= 15 is 0 Å². The topological polar surface area (TPSA) is 89.9 Å². The van der Waals surface area contributed by atoms with Crippen LogP contribution >= 0.6 is 0 Å². The number of piperidine rings is 3. The van der Waals surface area contributed by atoms with Crippen LogP contribution in [0.2, 0.25) is 0 Å². The second kappa shape index (κ2) is 8.15. The maximum absolute atomic E-state index is 9.55. The van der Waals surface area contributed by atoms with Gasteiger partial charge in [0.05, 0.1) is 0 Å². The molecule has 6 nitrogen and oxygen atoms in total. The van der Waals surface area contributed by atoms with Crippen molar-refractivity contribution in [1.29, 1.82) is 0 Å². The largest absolute Gasteiger partial charge is 0.478 e. The van der Waals surface area contributed by atoms with Gasteiger partial charge in [0.1, 0.15) is 0 Å². The minimum absolute atomic E-state index is 0.558. The maximum Gasteiger partial charge on any atom is 0.328 e. The summed E-state index contributed by atoms with van der Waals surface area (Å²) in [6.07, 6.45) is 12.3. The summed E-state index contributed by atoms with van der Waals surface area (Å²) >= 11 is 0. The molecule has 3 saturated heterocycles. The highest BCUT2D eigenvalue weighted by Crippen LogP contribution is 2.42. The monoisotopic (exact) mass is 348 g/mol. The van der Waals surface area contributed by atoms with E-state index in [4.69, 9.17) is 10.2 Å². The number of hydrogen-bond acceptors (Lipinski definition) is 4. The summed E-state index contributed by atoms with van der Waals surface area (Å²) in [6.45, 7) is 3.98. The van der Waals surface area contributed by atoms with Crippen LogP contribution in [0, 0.1) is 11.8 Å². The van der Waals surface area contributed by atoms with E-state index in [0.717, 1.165) is 23.9 Å². The molecule has 3 heterocycles. The van der Waals surface area contributed by atoms with Crippen molar-refractivity contribution in [2.24, 2.45) is 11.8 Å². The molecule has 1 aliphatic carbocycles. The van der Waals surface area contributed by atoms with Gasteiger partial charge in [-0.25, -0.2) is 9.59 Å². The summed E-state index contributed by atoms with van der Waals surface area (Å²) < 4.78 is 0. The lowest BCUT2D eigenvalue weighted by molar-refractivity contribution is -0.134. The molecule has 3 aliphatic heterocycles. The zero-order valence-electron chi connectivity index (χ0n) is 14.6. The van der Waals surface area contributed by atoms with E-state index in [-0.39, 0.29) is 0 Å². The van der Waals surface area contributed by atoms with Gasteiger partial charge in [0.15, 0.2) is 0 Å². The number of carbonyl (C=O) groups is 2. The molecule has 4 rings (SSSR count). The number of hydrogen-bond donors (Lipinski definition) is 3. The molecule has 0 radical (unpaired) electrons. The van der Waals surface area contributed by atoms with E-state index in [0.29, 0.717) is 12.2 Å². The predicted molar refractivity (Wildman–Crippen MR) is 94.3 cm³/mol. The summed E-state index contributed by atoms with van der Waals surface area (Å²) in [4.78, 5) is 21.9. The van der Waals surface area contributed by atoms with Crippen molar-refractivity contribution < 1.29 is 19.8 Å². The highest BCUT2D eigenvalue weighted by molar-refractivity contribution is 5.89. The zero-order chi connectivity index (χ0) is 17.8. The van der Waals surface area contributed by atoms with E-state index in [1.165, 1.54) is 58.2 Å². The fraction of sp³-hybridized carbons (Fsp3) is 0.684. The molecule has 0 spiro atoms. The van der Waals surface area contributed by atoms with Crippen LogP contribution in [0.1, 0.15) is 38.5 Å². The van der Waals surface area contributed by atoms with Crippen molar-refractivity contribution in [3.63, 3.8) is 0 Å². The van der Waals surface area contributed by atoms with Crippen molar-refractivity contribution in [2.75, 3.05) is 19.6 Å². The maximum atomic E-state index is 9.55. The summed E-state index contributed by atoms with van der Waals surface area (Å²) in [6, 6.07) is 1.64. The molecule has 3 N–H and O–H groups in total. The van der Waals surface area contributed by atoms with Gasteiger partial charge in [-0.2, -0.15) is 0 Å². The van der Waals surface area contributed by atoms with Crippen LogP contribution in [-0.2, 0) is 9.59 Å². The molecule has 2 bridgehead atoms.